The fourth-order valence-electron chi connectivity index (χ4n) is 8.79. The predicted molar refractivity (Wildman–Crippen MR) is 234 cm³/mol. The fraction of sp³-hybridized carbons (Fsp3) is 0. The summed E-state index contributed by atoms with van der Waals surface area (Å²) in [6, 6.07) is 72.1. The minimum absolute atomic E-state index is 0.872. The molecule has 260 valence electrons. The Morgan fingerprint density at radius 3 is 1.36 bits per heavy atom. The Balaban J connectivity index is 1.01. The number of aromatic nitrogens is 2. The van der Waals surface area contributed by atoms with Gasteiger partial charge in [0, 0.05) is 11.8 Å². The second-order valence-electron chi connectivity index (χ2n) is 14.4. The minimum Gasteiger partial charge on any atom is -0.255 e. The van der Waals surface area contributed by atoms with Gasteiger partial charge in [0.2, 0.25) is 0 Å². The average molecular weight is 711 g/mol. The average Bonchev–Trinajstić information content (AvgIpc) is 3.61. The van der Waals surface area contributed by atoms with Gasteiger partial charge in [-0.05, 0) is 113 Å². The first-order valence-corrected chi connectivity index (χ1v) is 19.2. The van der Waals surface area contributed by atoms with Crippen LogP contribution in [0.25, 0.3) is 111 Å². The lowest BCUT2D eigenvalue weighted by molar-refractivity contribution is 1.25. The van der Waals surface area contributed by atoms with Crippen LogP contribution in [0, 0.1) is 0 Å². The highest BCUT2D eigenvalue weighted by atomic mass is 14.8. The van der Waals surface area contributed by atoms with Crippen molar-refractivity contribution in [2.45, 2.75) is 0 Å². The van der Waals surface area contributed by atoms with Crippen molar-refractivity contribution in [2.75, 3.05) is 0 Å². The molecule has 0 amide bonds. The molecule has 0 radical (unpaired) electrons. The van der Waals surface area contributed by atoms with Crippen LogP contribution in [0.1, 0.15) is 0 Å². The van der Waals surface area contributed by atoms with E-state index >= 15 is 0 Å². The quantitative estimate of drug-likeness (QED) is 0.172. The van der Waals surface area contributed by atoms with Gasteiger partial charge in [-0.25, -0.2) is 4.98 Å². The lowest BCUT2D eigenvalue weighted by Gasteiger charge is -2.20. The first-order chi connectivity index (χ1) is 27.8. The van der Waals surface area contributed by atoms with E-state index in [1.165, 1.54) is 88.3 Å². The molecule has 0 unspecified atom stereocenters. The van der Waals surface area contributed by atoms with Gasteiger partial charge in [0.25, 0.3) is 0 Å². The summed E-state index contributed by atoms with van der Waals surface area (Å²) in [6.07, 6.45) is 1.80. The highest BCUT2D eigenvalue weighted by Gasteiger charge is 2.31. The van der Waals surface area contributed by atoms with E-state index in [9.17, 15) is 0 Å². The highest BCUT2D eigenvalue weighted by Crippen LogP contribution is 2.58. The van der Waals surface area contributed by atoms with Crippen LogP contribution >= 0.6 is 0 Å². The van der Waals surface area contributed by atoms with Gasteiger partial charge in [-0.2, -0.15) is 0 Å². The van der Waals surface area contributed by atoms with Crippen molar-refractivity contribution < 1.29 is 0 Å². The number of benzene rings is 8. The lowest BCUT2D eigenvalue weighted by Crippen LogP contribution is -1.93. The van der Waals surface area contributed by atoms with Crippen LogP contribution in [0.15, 0.2) is 206 Å². The van der Waals surface area contributed by atoms with Crippen LogP contribution in [0.2, 0.25) is 0 Å². The van der Waals surface area contributed by atoms with E-state index in [4.69, 9.17) is 4.98 Å². The molecule has 0 N–H and O–H groups in total. The first-order valence-electron chi connectivity index (χ1n) is 19.2. The van der Waals surface area contributed by atoms with E-state index in [0.29, 0.717) is 0 Å². The van der Waals surface area contributed by atoms with Crippen molar-refractivity contribution in [1.29, 1.82) is 0 Å². The monoisotopic (exact) mass is 710 g/mol. The van der Waals surface area contributed by atoms with Gasteiger partial charge in [0.05, 0.1) is 17.1 Å². The SMILES string of the molecule is c1ccc(-c2c3c(c(-c4ccccc4)c4ccccc24)-c2ccc(-c4ccc(-c5ccc(-c6cccc(-c7ccccn7)n6)cc5)cc4)c4cccc-3c24)cc1. The zero-order valence-corrected chi connectivity index (χ0v) is 30.5. The number of hydrogen-bond acceptors (Lipinski definition) is 2. The summed E-state index contributed by atoms with van der Waals surface area (Å²) in [5.41, 5.74) is 18.9. The normalized spacial score (nSPS) is 11.6. The van der Waals surface area contributed by atoms with Crippen LogP contribution in [0.3, 0.4) is 0 Å². The summed E-state index contributed by atoms with van der Waals surface area (Å²) in [5.74, 6) is 0. The Morgan fingerprint density at radius 2 is 0.732 bits per heavy atom. The molecule has 0 saturated carbocycles. The molecule has 2 nitrogen and oxygen atoms in total. The van der Waals surface area contributed by atoms with Crippen molar-refractivity contribution in [1.82, 2.24) is 9.97 Å². The Labute approximate surface area is 326 Å². The molecule has 10 aromatic rings. The van der Waals surface area contributed by atoms with Gasteiger partial charge in [0.15, 0.2) is 0 Å². The standard InChI is InChI=1S/C54H34N2/c1-3-13-39(14-4-1)50-43-17-7-8-18-44(43)51(40-15-5-2-6-16-40)54-46-33-32-41(42-19-11-20-45(52(42)46)53(50)54)37-28-24-35(25-29-37)36-26-30-38(31-27-36)47-22-12-23-49(56-47)48-21-9-10-34-55-48/h1-34H. The van der Waals surface area contributed by atoms with Crippen molar-refractivity contribution in [3.8, 4) is 89.4 Å². The van der Waals surface area contributed by atoms with Crippen LogP contribution in [-0.4, -0.2) is 9.97 Å². The topological polar surface area (TPSA) is 25.8 Å². The van der Waals surface area contributed by atoms with Crippen LogP contribution in [0.4, 0.5) is 0 Å². The molecule has 1 aliphatic rings. The van der Waals surface area contributed by atoms with E-state index in [1.807, 2.05) is 30.3 Å². The minimum atomic E-state index is 0.872. The molecule has 2 heterocycles. The van der Waals surface area contributed by atoms with Crippen LogP contribution in [0.5, 0.6) is 0 Å². The Hall–Kier alpha value is -7.42. The summed E-state index contributed by atoms with van der Waals surface area (Å²) < 4.78 is 0. The van der Waals surface area contributed by atoms with E-state index < -0.39 is 0 Å². The van der Waals surface area contributed by atoms with E-state index in [0.717, 1.165) is 22.6 Å². The van der Waals surface area contributed by atoms with Gasteiger partial charge >= 0.3 is 0 Å². The molecule has 0 bridgehead atoms. The molecule has 2 heteroatoms. The highest BCUT2D eigenvalue weighted by molar-refractivity contribution is 6.28. The maximum Gasteiger partial charge on any atom is 0.0893 e. The van der Waals surface area contributed by atoms with Crippen molar-refractivity contribution >= 4 is 21.5 Å². The summed E-state index contributed by atoms with van der Waals surface area (Å²) in [6.45, 7) is 0. The van der Waals surface area contributed by atoms with Gasteiger partial charge < -0.3 is 0 Å². The molecule has 0 fully saturated rings. The molecule has 0 aliphatic heterocycles. The molecule has 8 aromatic carbocycles. The molecular formula is C54H34N2. The molecule has 1 aliphatic carbocycles. The smallest absolute Gasteiger partial charge is 0.0893 e. The van der Waals surface area contributed by atoms with Gasteiger partial charge in [-0.1, -0.05) is 176 Å². The van der Waals surface area contributed by atoms with Crippen LogP contribution in [-0.2, 0) is 0 Å². The van der Waals surface area contributed by atoms with Crippen molar-refractivity contribution in [2.24, 2.45) is 0 Å². The third-order valence-electron chi connectivity index (χ3n) is 11.3. The molecule has 2 aromatic heterocycles. The summed E-state index contributed by atoms with van der Waals surface area (Å²) in [5, 5.41) is 5.15. The lowest BCUT2D eigenvalue weighted by atomic mass is 9.82. The zero-order chi connectivity index (χ0) is 37.0. The Kier molecular flexibility index (Phi) is 7.53. The molecular weight excluding hydrogens is 677 g/mol. The number of hydrogen-bond donors (Lipinski definition) is 0. The molecule has 56 heavy (non-hydrogen) atoms. The Morgan fingerprint density at radius 1 is 0.250 bits per heavy atom. The summed E-state index contributed by atoms with van der Waals surface area (Å²) in [7, 11) is 0. The second-order valence-corrected chi connectivity index (χ2v) is 14.4. The van der Waals surface area contributed by atoms with E-state index in [2.05, 4.69) is 175 Å². The maximum absolute atomic E-state index is 4.91. The fourth-order valence-corrected chi connectivity index (χ4v) is 8.79. The summed E-state index contributed by atoms with van der Waals surface area (Å²) in [4.78, 5) is 9.39. The van der Waals surface area contributed by atoms with Crippen molar-refractivity contribution in [3.63, 3.8) is 0 Å². The molecule has 11 rings (SSSR count). The Bertz CT molecular complexity index is 2990. The molecule has 0 saturated heterocycles. The summed E-state index contributed by atoms with van der Waals surface area (Å²) >= 11 is 0. The van der Waals surface area contributed by atoms with E-state index in [-0.39, 0.29) is 0 Å². The third kappa shape index (κ3) is 5.19. The maximum atomic E-state index is 4.91. The van der Waals surface area contributed by atoms with Gasteiger partial charge in [-0.15, -0.1) is 0 Å². The van der Waals surface area contributed by atoms with E-state index in [1.54, 1.807) is 6.20 Å². The number of nitrogens with zero attached hydrogens (tertiary/aromatic N) is 2. The largest absolute Gasteiger partial charge is 0.255 e. The second kappa shape index (κ2) is 13.2. The van der Waals surface area contributed by atoms with Crippen LogP contribution < -0.4 is 0 Å². The molecule has 0 atom stereocenters. The predicted octanol–water partition coefficient (Wildman–Crippen LogP) is 14.4. The zero-order valence-electron chi connectivity index (χ0n) is 30.5. The third-order valence-corrected chi connectivity index (χ3v) is 11.3. The van der Waals surface area contributed by atoms with Gasteiger partial charge in [0.1, 0.15) is 0 Å². The van der Waals surface area contributed by atoms with Gasteiger partial charge in [-0.3, -0.25) is 4.98 Å². The first kappa shape index (κ1) is 32.0. The number of pyridine rings is 2. The number of fused-ring (bicyclic) bond motifs is 4. The molecule has 0 spiro atoms. The van der Waals surface area contributed by atoms with Crippen molar-refractivity contribution in [3.05, 3.63) is 206 Å². The number of rotatable bonds is 6.